The van der Waals surface area contributed by atoms with E-state index in [1.165, 1.54) is 32.4 Å². The zero-order chi connectivity index (χ0) is 20.4. The van der Waals surface area contributed by atoms with Crippen LogP contribution in [0.1, 0.15) is 49.3 Å². The molecule has 2 aliphatic rings. The summed E-state index contributed by atoms with van der Waals surface area (Å²) >= 11 is 1.58. The van der Waals surface area contributed by atoms with Crippen molar-refractivity contribution in [2.24, 2.45) is 0 Å². The van der Waals surface area contributed by atoms with Crippen LogP contribution in [0.2, 0.25) is 0 Å². The van der Waals surface area contributed by atoms with E-state index in [1.807, 2.05) is 30.3 Å². The Kier molecular flexibility index (Phi) is 6.53. The third-order valence-corrected chi connectivity index (χ3v) is 6.69. The number of carbonyl (C=O) groups is 1. The van der Waals surface area contributed by atoms with Crippen molar-refractivity contribution in [3.8, 4) is 0 Å². The molecule has 2 aromatic heterocycles. The molecular weight excluding hydrogens is 386 g/mol. The number of fused-ring (bicyclic) bond motifs is 1. The number of thiazole rings is 1. The first-order valence-corrected chi connectivity index (χ1v) is 11.7. The van der Waals surface area contributed by atoms with Crippen LogP contribution >= 0.6 is 11.3 Å². The Morgan fingerprint density at radius 2 is 1.97 bits per heavy atom. The molecule has 0 aromatic carbocycles. The molecule has 2 aromatic rings. The number of likely N-dealkylation sites (tertiary alicyclic amines) is 1. The minimum absolute atomic E-state index is 0.0299. The van der Waals surface area contributed by atoms with Gasteiger partial charge in [-0.3, -0.25) is 14.1 Å². The molecule has 8 heteroatoms. The Hall–Kier alpha value is -1.48. The van der Waals surface area contributed by atoms with Gasteiger partial charge in [0.25, 0.3) is 5.91 Å². The normalized spacial score (nSPS) is 23.9. The highest BCUT2D eigenvalue weighted by molar-refractivity contribution is 7.15. The molecule has 1 amide bonds. The number of carbonyl (C=O) groups excluding carboxylic acids is 1. The highest BCUT2D eigenvalue weighted by atomic mass is 32.1. The predicted octanol–water partition coefficient (Wildman–Crippen LogP) is 2.56. The van der Waals surface area contributed by atoms with Crippen molar-refractivity contribution < 1.29 is 9.53 Å². The Labute approximate surface area is 177 Å². The van der Waals surface area contributed by atoms with Crippen molar-refractivity contribution >= 4 is 22.2 Å². The third kappa shape index (κ3) is 4.82. The standard InChI is InChI=1S/C21H33N5O2S/c1-16-13-25(14-17(2)28-16)20(27)19-18(26-11-12-29-21(26)22-19)15-23(3)9-10-24-7-5-4-6-8-24/h11-12,16-17H,4-10,13-15H2,1-3H3/t16-,17+. The summed E-state index contributed by atoms with van der Waals surface area (Å²) in [5, 5.41) is 2.03. The van der Waals surface area contributed by atoms with E-state index in [2.05, 4.69) is 21.2 Å². The lowest BCUT2D eigenvalue weighted by molar-refractivity contribution is -0.0587. The molecule has 29 heavy (non-hydrogen) atoms. The van der Waals surface area contributed by atoms with Gasteiger partial charge < -0.3 is 14.5 Å². The summed E-state index contributed by atoms with van der Waals surface area (Å²) in [4.78, 5) is 25.7. The van der Waals surface area contributed by atoms with Crippen LogP contribution in [0.15, 0.2) is 11.6 Å². The first kappa shape index (κ1) is 20.8. The Morgan fingerprint density at radius 1 is 1.24 bits per heavy atom. The molecule has 160 valence electrons. The van der Waals surface area contributed by atoms with E-state index in [1.54, 1.807) is 11.3 Å². The van der Waals surface area contributed by atoms with E-state index >= 15 is 0 Å². The number of morpholine rings is 1. The van der Waals surface area contributed by atoms with Crippen LogP contribution in [0.25, 0.3) is 4.96 Å². The fraction of sp³-hybridized carbons (Fsp3) is 0.714. The van der Waals surface area contributed by atoms with Gasteiger partial charge in [-0.15, -0.1) is 11.3 Å². The number of ether oxygens (including phenoxy) is 1. The maximum Gasteiger partial charge on any atom is 0.274 e. The lowest BCUT2D eigenvalue weighted by Gasteiger charge is -2.35. The van der Waals surface area contributed by atoms with Crippen LogP contribution in [0.3, 0.4) is 0 Å². The quantitative estimate of drug-likeness (QED) is 0.720. The van der Waals surface area contributed by atoms with Gasteiger partial charge in [-0.05, 0) is 46.8 Å². The van der Waals surface area contributed by atoms with Gasteiger partial charge in [0.15, 0.2) is 10.7 Å². The number of nitrogens with zero attached hydrogens (tertiary/aromatic N) is 5. The molecule has 0 aliphatic carbocycles. The summed E-state index contributed by atoms with van der Waals surface area (Å²) in [6, 6.07) is 0. The molecule has 7 nitrogen and oxygen atoms in total. The second-order valence-electron chi connectivity index (χ2n) is 8.57. The van der Waals surface area contributed by atoms with Crippen molar-refractivity contribution in [1.82, 2.24) is 24.1 Å². The summed E-state index contributed by atoms with van der Waals surface area (Å²) < 4.78 is 7.89. The van der Waals surface area contributed by atoms with Crippen LogP contribution in [0, 0.1) is 0 Å². The predicted molar refractivity (Wildman–Crippen MR) is 116 cm³/mol. The highest BCUT2D eigenvalue weighted by Crippen LogP contribution is 2.22. The Balaban J connectivity index is 1.48. The molecule has 0 unspecified atom stereocenters. The van der Waals surface area contributed by atoms with Crippen LogP contribution in [-0.4, -0.2) is 88.5 Å². The number of rotatable bonds is 6. The number of hydrogen-bond acceptors (Lipinski definition) is 6. The largest absolute Gasteiger partial charge is 0.372 e. The molecule has 0 saturated carbocycles. The SMILES string of the molecule is C[C@@H]1CN(C(=O)c2nc3sccn3c2CN(C)CCN2CCCCC2)C[C@H](C)O1. The average Bonchev–Trinajstić information content (AvgIpc) is 3.28. The molecule has 0 radical (unpaired) electrons. The molecule has 4 rings (SSSR count). The van der Waals surface area contributed by atoms with Crippen molar-refractivity contribution in [3.63, 3.8) is 0 Å². The van der Waals surface area contributed by atoms with Gasteiger partial charge in [0.2, 0.25) is 0 Å². The Bertz CT molecular complexity index is 818. The number of imidazole rings is 1. The molecule has 0 N–H and O–H groups in total. The summed E-state index contributed by atoms with van der Waals surface area (Å²) in [5.41, 5.74) is 1.60. The van der Waals surface area contributed by atoms with Gasteiger partial charge in [0.1, 0.15) is 0 Å². The molecule has 0 spiro atoms. The molecule has 2 aliphatic heterocycles. The maximum absolute atomic E-state index is 13.3. The second kappa shape index (κ2) is 9.12. The van der Waals surface area contributed by atoms with E-state index < -0.39 is 0 Å². The van der Waals surface area contributed by atoms with E-state index in [4.69, 9.17) is 9.72 Å². The molecule has 4 heterocycles. The molecule has 0 bridgehead atoms. The highest BCUT2D eigenvalue weighted by Gasteiger charge is 2.30. The minimum Gasteiger partial charge on any atom is -0.372 e. The zero-order valence-electron chi connectivity index (χ0n) is 17.8. The van der Waals surface area contributed by atoms with Crippen molar-refractivity contribution in [3.05, 3.63) is 23.0 Å². The Morgan fingerprint density at radius 3 is 2.69 bits per heavy atom. The van der Waals surface area contributed by atoms with Gasteiger partial charge in [0.05, 0.1) is 17.9 Å². The monoisotopic (exact) mass is 419 g/mol. The van der Waals surface area contributed by atoms with Gasteiger partial charge in [0, 0.05) is 44.3 Å². The van der Waals surface area contributed by atoms with Crippen molar-refractivity contribution in [1.29, 1.82) is 0 Å². The van der Waals surface area contributed by atoms with Gasteiger partial charge >= 0.3 is 0 Å². The summed E-state index contributed by atoms with van der Waals surface area (Å²) in [6.45, 7) is 10.5. The summed E-state index contributed by atoms with van der Waals surface area (Å²) in [7, 11) is 2.14. The summed E-state index contributed by atoms with van der Waals surface area (Å²) in [6.07, 6.45) is 6.14. The number of piperidine rings is 1. The van der Waals surface area contributed by atoms with Gasteiger partial charge in [-0.1, -0.05) is 6.42 Å². The topological polar surface area (TPSA) is 53.3 Å². The van der Waals surface area contributed by atoms with Crippen LogP contribution in [0.5, 0.6) is 0 Å². The second-order valence-corrected chi connectivity index (χ2v) is 9.44. The smallest absolute Gasteiger partial charge is 0.274 e. The fourth-order valence-electron chi connectivity index (χ4n) is 4.48. The summed E-state index contributed by atoms with van der Waals surface area (Å²) in [5.74, 6) is 0.0299. The number of amides is 1. The van der Waals surface area contributed by atoms with Crippen LogP contribution in [-0.2, 0) is 11.3 Å². The van der Waals surface area contributed by atoms with E-state index in [9.17, 15) is 4.79 Å². The van der Waals surface area contributed by atoms with Crippen molar-refractivity contribution in [2.45, 2.75) is 51.9 Å². The van der Waals surface area contributed by atoms with Crippen LogP contribution < -0.4 is 0 Å². The third-order valence-electron chi connectivity index (χ3n) is 5.94. The zero-order valence-corrected chi connectivity index (χ0v) is 18.7. The van der Waals surface area contributed by atoms with Crippen LogP contribution in [0.4, 0.5) is 0 Å². The number of likely N-dealkylation sites (N-methyl/N-ethyl adjacent to an activating group) is 1. The lowest BCUT2D eigenvalue weighted by Crippen LogP contribution is -2.48. The lowest BCUT2D eigenvalue weighted by atomic mass is 10.1. The first-order valence-electron chi connectivity index (χ1n) is 10.8. The molecule has 2 atom stereocenters. The first-order chi connectivity index (χ1) is 14.0. The van der Waals surface area contributed by atoms with E-state index in [0.29, 0.717) is 18.8 Å². The van der Waals surface area contributed by atoms with Gasteiger partial charge in [-0.25, -0.2) is 4.98 Å². The van der Waals surface area contributed by atoms with Gasteiger partial charge in [-0.2, -0.15) is 0 Å². The number of hydrogen-bond donors (Lipinski definition) is 0. The van der Waals surface area contributed by atoms with E-state index in [-0.39, 0.29) is 18.1 Å². The van der Waals surface area contributed by atoms with E-state index in [0.717, 1.165) is 30.3 Å². The molecule has 2 saturated heterocycles. The fourth-order valence-corrected chi connectivity index (χ4v) is 5.21. The number of aromatic nitrogens is 2. The average molecular weight is 420 g/mol. The maximum atomic E-state index is 13.3. The molecular formula is C21H33N5O2S. The van der Waals surface area contributed by atoms with Crippen molar-refractivity contribution in [2.75, 3.05) is 46.3 Å². The molecule has 2 fully saturated rings. The minimum atomic E-state index is 0.0299.